The molecule has 0 atom stereocenters. The average Bonchev–Trinajstić information content (AvgIpc) is 2.84. The van der Waals surface area contributed by atoms with Gasteiger partial charge in [-0.25, -0.2) is 0 Å². The Labute approximate surface area is 317 Å². The van der Waals surface area contributed by atoms with E-state index in [1.807, 2.05) is 0 Å². The molecule has 0 unspecified atom stereocenters. The Morgan fingerprint density at radius 2 is 0.440 bits per heavy atom. The van der Waals surface area contributed by atoms with Gasteiger partial charge in [0, 0.05) is 0 Å². The van der Waals surface area contributed by atoms with E-state index in [1.165, 1.54) is 0 Å². The van der Waals surface area contributed by atoms with Gasteiger partial charge in [-0.3, -0.25) is 0 Å². The molecule has 0 aromatic rings. The van der Waals surface area contributed by atoms with Gasteiger partial charge in [0.2, 0.25) is 0 Å². The van der Waals surface area contributed by atoms with Crippen LogP contribution in [0.25, 0.3) is 0 Å². The first-order chi connectivity index (χ1) is 22.4. The quantitative estimate of drug-likeness (QED) is 0.105. The Balaban J connectivity index is 11.8. The Morgan fingerprint density at radius 1 is 0.280 bits per heavy atom. The van der Waals surface area contributed by atoms with E-state index in [0.29, 0.717) is 72.5 Å². The maximum absolute atomic E-state index is 5.98. The first-order valence-electron chi connectivity index (χ1n) is 20.8. The van der Waals surface area contributed by atoms with Crippen LogP contribution in [0.2, 0.25) is 0 Å². The Morgan fingerprint density at radius 3 is 0.520 bits per heavy atom. The summed E-state index contributed by atoms with van der Waals surface area (Å²) in [4.78, 5) is 0. The molecule has 0 fully saturated rings. The average molecular weight is 959 g/mol. The van der Waals surface area contributed by atoms with Gasteiger partial charge in [-0.15, -0.1) is 0 Å². The van der Waals surface area contributed by atoms with Gasteiger partial charge in [0.25, 0.3) is 0 Å². The molecule has 0 heterocycles. The normalized spacial score (nSPS) is 16.5. The molecule has 0 bridgehead atoms. The summed E-state index contributed by atoms with van der Waals surface area (Å²) in [5.41, 5.74) is 0. The maximum atomic E-state index is 3.27. The monoisotopic (exact) mass is 959 g/mol. The standard InChI is InChI=1S/6C6H14N.2C2H6N.Hf.Zr/c6*1-5(2)7-6(3)4;2*1-3-2;;/h6*5-6H,1-4H3;2*1-2H3;;/q8*-1;2*+4. The third kappa shape index (κ3) is 6.92. The van der Waals surface area contributed by atoms with Crippen LogP contribution in [0.1, 0.15) is 166 Å². The van der Waals surface area contributed by atoms with Crippen molar-refractivity contribution in [1.29, 1.82) is 0 Å². The number of hydrogen-bond donors (Lipinski definition) is 0. The van der Waals surface area contributed by atoms with E-state index < -0.39 is 30.1 Å². The van der Waals surface area contributed by atoms with Gasteiger partial charge in [-0.2, -0.15) is 0 Å². The first-order valence-corrected chi connectivity index (χ1v) is 43.5. The molecule has 10 heteroatoms. The van der Waals surface area contributed by atoms with Gasteiger partial charge in [0.1, 0.15) is 0 Å². The van der Waals surface area contributed by atoms with Crippen LogP contribution in [0.4, 0.5) is 0 Å². The van der Waals surface area contributed by atoms with Crippen molar-refractivity contribution in [3.8, 4) is 0 Å². The molecule has 0 amide bonds. The Hall–Kier alpha value is 1.43. The molecule has 0 aromatic carbocycles. The second-order valence-corrected chi connectivity index (χ2v) is 83.9. The van der Waals surface area contributed by atoms with Crippen LogP contribution in [0, 0.1) is 0 Å². The summed E-state index contributed by atoms with van der Waals surface area (Å²) in [6.07, 6.45) is 0. The third-order valence-electron chi connectivity index (χ3n) is 12.0. The molecule has 0 aliphatic rings. The van der Waals surface area contributed by atoms with Gasteiger partial charge in [-0.05, 0) is 0 Å². The van der Waals surface area contributed by atoms with Crippen molar-refractivity contribution in [3.63, 3.8) is 0 Å². The SMILES string of the molecule is CC(C)[N](C(C)C)[Zr]([N](C)C)([N](C(C)C)C(C)C)([N](C(C)C)C(C)C)[Hf]([N](C)C)([N](C(C)C)C(C)C)([N](C(C)C)C(C)C)[N](C(C)C)C(C)C. The number of rotatable bonds is 21. The molecule has 0 aromatic heterocycles. The molecule has 0 spiro atoms. The second-order valence-electron chi connectivity index (χ2n) is 19.5. The van der Waals surface area contributed by atoms with Crippen LogP contribution in [-0.2, 0) is 30.1 Å². The first kappa shape index (κ1) is 51.4. The van der Waals surface area contributed by atoms with Crippen molar-refractivity contribution in [2.75, 3.05) is 28.2 Å². The van der Waals surface area contributed by atoms with Crippen LogP contribution in [0.3, 0.4) is 0 Å². The predicted molar refractivity (Wildman–Crippen MR) is 220 cm³/mol. The van der Waals surface area contributed by atoms with Crippen molar-refractivity contribution in [1.82, 2.24) is 22.9 Å². The molecular formula is C40H96HfN8Zr. The second kappa shape index (κ2) is 18.6. The van der Waals surface area contributed by atoms with Gasteiger partial charge in [0.05, 0.1) is 0 Å². The fourth-order valence-corrected chi connectivity index (χ4v) is 229. The summed E-state index contributed by atoms with van der Waals surface area (Å²) < 4.78 is 25.7. The number of hydrogen-bond acceptors (Lipinski definition) is 8. The zero-order valence-corrected chi connectivity index (χ0v) is 45.6. The van der Waals surface area contributed by atoms with E-state index in [1.54, 1.807) is 0 Å². The molecule has 50 heavy (non-hydrogen) atoms. The van der Waals surface area contributed by atoms with Crippen molar-refractivity contribution in [2.45, 2.75) is 239 Å². The summed E-state index contributed by atoms with van der Waals surface area (Å²) in [5, 5.41) is 0. The number of nitrogens with zero attached hydrogens (tertiary/aromatic N) is 8. The molecule has 0 N–H and O–H groups in total. The molecule has 0 aliphatic carbocycles. The van der Waals surface area contributed by atoms with Gasteiger partial charge in [-0.1, -0.05) is 0 Å². The summed E-state index contributed by atoms with van der Waals surface area (Å²) in [5.74, 6) is 0. The van der Waals surface area contributed by atoms with Crippen molar-refractivity contribution < 1.29 is 30.1 Å². The van der Waals surface area contributed by atoms with E-state index >= 15 is 0 Å². The topological polar surface area (TPSA) is 25.9 Å². The molecule has 0 aliphatic heterocycles. The molecule has 0 rings (SSSR count). The van der Waals surface area contributed by atoms with Crippen molar-refractivity contribution >= 4 is 0 Å². The summed E-state index contributed by atoms with van der Waals surface area (Å²) in [6, 6.07) is 3.53. The van der Waals surface area contributed by atoms with Gasteiger partial charge < -0.3 is 0 Å². The molecule has 0 saturated heterocycles. The zero-order valence-electron chi connectivity index (χ0n) is 39.5. The summed E-state index contributed by atoms with van der Waals surface area (Å²) in [6.45, 7) is 60.9. The van der Waals surface area contributed by atoms with E-state index in [-0.39, 0.29) is 0 Å². The molecule has 0 radical (unpaired) electrons. The third-order valence-corrected chi connectivity index (χ3v) is 146. The zero-order chi connectivity index (χ0) is 40.4. The Bertz CT molecular complexity index is 787. The van der Waals surface area contributed by atoms with E-state index in [0.717, 1.165) is 0 Å². The summed E-state index contributed by atoms with van der Waals surface area (Å²) in [7, 11) is 10.3. The van der Waals surface area contributed by atoms with Crippen LogP contribution in [0.15, 0.2) is 0 Å². The van der Waals surface area contributed by atoms with Crippen molar-refractivity contribution in [3.05, 3.63) is 0 Å². The molecule has 8 nitrogen and oxygen atoms in total. The Kier molecular flexibility index (Phi) is 19.1. The van der Waals surface area contributed by atoms with Crippen LogP contribution >= 0.6 is 0 Å². The van der Waals surface area contributed by atoms with Crippen LogP contribution in [-0.4, -0.2) is 124 Å². The van der Waals surface area contributed by atoms with Crippen LogP contribution in [0.5, 0.6) is 0 Å². The minimum atomic E-state index is -5.98. The molecule has 0 saturated carbocycles. The summed E-state index contributed by atoms with van der Waals surface area (Å²) >= 11 is -11.7. The minimum absolute atomic E-state index is 0.294. The fourth-order valence-electron chi connectivity index (χ4n) is 13.7. The fraction of sp³-hybridized carbons (Fsp3) is 1.00. The van der Waals surface area contributed by atoms with E-state index in [2.05, 4.69) is 217 Å². The molecular weight excluding hydrogens is 862 g/mol. The molecule has 304 valence electrons. The predicted octanol–water partition coefficient (Wildman–Crippen LogP) is 9.44. The van der Waals surface area contributed by atoms with Gasteiger partial charge >= 0.3 is 320 Å². The van der Waals surface area contributed by atoms with Crippen LogP contribution < -0.4 is 0 Å². The van der Waals surface area contributed by atoms with E-state index in [4.69, 9.17) is 0 Å². The van der Waals surface area contributed by atoms with E-state index in [9.17, 15) is 0 Å². The van der Waals surface area contributed by atoms with Gasteiger partial charge in [0.15, 0.2) is 0 Å². The van der Waals surface area contributed by atoms with Crippen molar-refractivity contribution in [2.24, 2.45) is 0 Å².